The molecule has 0 amide bonds. The molecule has 4 rings (SSSR count). The largest absolute Gasteiger partial charge is 0.507 e. The number of nitrogens with one attached hydrogen (secondary N) is 1. The van der Waals surface area contributed by atoms with E-state index in [2.05, 4.69) is 22.2 Å². The van der Waals surface area contributed by atoms with Crippen molar-refractivity contribution in [3.8, 4) is 16.9 Å². The van der Waals surface area contributed by atoms with Crippen LogP contribution in [0.2, 0.25) is 0 Å². The fraction of sp³-hybridized carbons (Fsp3) is 0.278. The zero-order valence-electron chi connectivity index (χ0n) is 11.8. The van der Waals surface area contributed by atoms with Crippen molar-refractivity contribution < 1.29 is 5.11 Å². The van der Waals surface area contributed by atoms with Gasteiger partial charge >= 0.3 is 0 Å². The lowest BCUT2D eigenvalue weighted by Gasteiger charge is -2.08. The molecule has 1 aliphatic rings. The molecule has 1 fully saturated rings. The summed E-state index contributed by atoms with van der Waals surface area (Å²) < 4.78 is 0. The number of aromatic hydroxyl groups is 1. The van der Waals surface area contributed by atoms with Crippen LogP contribution in [-0.4, -0.2) is 15.1 Å². The molecule has 21 heavy (non-hydrogen) atoms. The Morgan fingerprint density at radius 2 is 1.95 bits per heavy atom. The lowest BCUT2D eigenvalue weighted by molar-refractivity contribution is 0.477. The van der Waals surface area contributed by atoms with Gasteiger partial charge in [0.05, 0.1) is 0 Å². The Bertz CT molecular complexity index is 785. The summed E-state index contributed by atoms with van der Waals surface area (Å²) in [5, 5.41) is 11.2. The number of phenols is 1. The molecule has 1 saturated carbocycles. The third kappa shape index (κ3) is 2.09. The Labute approximate surface area is 123 Å². The third-order valence-electron chi connectivity index (χ3n) is 4.57. The van der Waals surface area contributed by atoms with Crippen molar-refractivity contribution in [3.63, 3.8) is 0 Å². The van der Waals surface area contributed by atoms with Crippen LogP contribution in [0.3, 0.4) is 0 Å². The number of rotatable bonds is 2. The topological polar surface area (TPSA) is 48.9 Å². The molecule has 0 bridgehead atoms. The van der Waals surface area contributed by atoms with Gasteiger partial charge in [-0.1, -0.05) is 31.0 Å². The second-order valence-electron chi connectivity index (χ2n) is 5.86. The maximum atomic E-state index is 10.0. The minimum Gasteiger partial charge on any atom is -0.507 e. The molecule has 3 heteroatoms. The van der Waals surface area contributed by atoms with E-state index in [1.807, 2.05) is 24.4 Å². The van der Waals surface area contributed by atoms with Crippen LogP contribution in [0.1, 0.15) is 37.2 Å². The van der Waals surface area contributed by atoms with Crippen molar-refractivity contribution in [2.24, 2.45) is 0 Å². The molecule has 0 unspecified atom stereocenters. The van der Waals surface area contributed by atoms with Crippen molar-refractivity contribution in [2.75, 3.05) is 0 Å². The molecule has 3 nitrogen and oxygen atoms in total. The maximum absolute atomic E-state index is 10.0. The molecular weight excluding hydrogens is 260 g/mol. The molecule has 0 saturated heterocycles. The summed E-state index contributed by atoms with van der Waals surface area (Å²) in [5.74, 6) is 0.955. The van der Waals surface area contributed by atoms with Crippen LogP contribution in [0.4, 0.5) is 0 Å². The van der Waals surface area contributed by atoms with E-state index in [9.17, 15) is 5.11 Å². The predicted octanol–water partition coefficient (Wildman–Crippen LogP) is 4.59. The highest BCUT2D eigenvalue weighted by Crippen LogP contribution is 2.38. The van der Waals surface area contributed by atoms with Crippen LogP contribution in [0.5, 0.6) is 5.75 Å². The SMILES string of the molecule is Oc1ccccc1-c1cnc2[nH]cc(C3CCCC3)c2c1. The quantitative estimate of drug-likeness (QED) is 0.720. The molecule has 2 N–H and O–H groups in total. The van der Waals surface area contributed by atoms with Crippen LogP contribution >= 0.6 is 0 Å². The Morgan fingerprint density at radius 1 is 1.14 bits per heavy atom. The molecule has 1 aromatic carbocycles. The highest BCUT2D eigenvalue weighted by Gasteiger charge is 2.20. The van der Waals surface area contributed by atoms with E-state index in [1.165, 1.54) is 36.6 Å². The Hall–Kier alpha value is -2.29. The van der Waals surface area contributed by atoms with E-state index >= 15 is 0 Å². The summed E-state index contributed by atoms with van der Waals surface area (Å²) in [4.78, 5) is 7.81. The molecule has 1 aliphatic carbocycles. The Kier molecular flexibility index (Phi) is 2.92. The van der Waals surface area contributed by atoms with Gasteiger partial charge in [0.25, 0.3) is 0 Å². The minimum atomic E-state index is 0.302. The van der Waals surface area contributed by atoms with Crippen LogP contribution in [0.15, 0.2) is 42.7 Å². The second-order valence-corrected chi connectivity index (χ2v) is 5.86. The highest BCUT2D eigenvalue weighted by molar-refractivity contribution is 5.86. The number of aromatic amines is 1. The number of fused-ring (bicyclic) bond motifs is 1. The number of hydrogen-bond acceptors (Lipinski definition) is 2. The molecule has 0 spiro atoms. The number of pyridine rings is 1. The molecule has 0 radical (unpaired) electrons. The highest BCUT2D eigenvalue weighted by atomic mass is 16.3. The Balaban J connectivity index is 1.85. The van der Waals surface area contributed by atoms with Gasteiger partial charge < -0.3 is 10.1 Å². The van der Waals surface area contributed by atoms with Crippen molar-refractivity contribution in [3.05, 3.63) is 48.3 Å². The maximum Gasteiger partial charge on any atom is 0.137 e. The zero-order valence-corrected chi connectivity index (χ0v) is 11.8. The standard InChI is InChI=1S/C18H18N2O/c21-17-8-4-3-7-14(17)13-9-15-16(12-5-1-2-6-12)11-20-18(15)19-10-13/h3-4,7-12,21H,1-2,5-6H2,(H,19,20). The summed E-state index contributed by atoms with van der Waals surface area (Å²) in [5.41, 5.74) is 4.13. The number of benzene rings is 1. The Morgan fingerprint density at radius 3 is 2.76 bits per heavy atom. The average Bonchev–Trinajstić information content (AvgIpc) is 3.16. The fourth-order valence-corrected chi connectivity index (χ4v) is 3.46. The number of aromatic nitrogens is 2. The van der Waals surface area contributed by atoms with Crippen LogP contribution in [0.25, 0.3) is 22.2 Å². The van der Waals surface area contributed by atoms with Crippen LogP contribution in [-0.2, 0) is 0 Å². The third-order valence-corrected chi connectivity index (χ3v) is 4.57. The van der Waals surface area contributed by atoms with Gasteiger partial charge in [0, 0.05) is 28.9 Å². The summed E-state index contributed by atoms with van der Waals surface area (Å²) in [6, 6.07) is 9.58. The van der Waals surface area contributed by atoms with E-state index in [4.69, 9.17) is 0 Å². The number of phenolic OH excluding ortho intramolecular Hbond substituents is 1. The smallest absolute Gasteiger partial charge is 0.137 e. The van der Waals surface area contributed by atoms with Crippen LogP contribution < -0.4 is 0 Å². The second kappa shape index (κ2) is 4.92. The first-order valence-electron chi connectivity index (χ1n) is 7.58. The lowest BCUT2D eigenvalue weighted by Crippen LogP contribution is -1.90. The molecule has 2 aromatic heterocycles. The summed E-state index contributed by atoms with van der Waals surface area (Å²) in [6.45, 7) is 0. The molecule has 3 aromatic rings. The van der Waals surface area contributed by atoms with Gasteiger partial charge in [0.15, 0.2) is 0 Å². The first-order chi connectivity index (χ1) is 10.3. The molecule has 0 aliphatic heterocycles. The predicted molar refractivity (Wildman–Crippen MR) is 84.4 cm³/mol. The molecule has 0 atom stereocenters. The first-order valence-corrected chi connectivity index (χ1v) is 7.58. The van der Waals surface area contributed by atoms with Gasteiger partial charge in [-0.2, -0.15) is 0 Å². The van der Waals surface area contributed by atoms with E-state index in [1.54, 1.807) is 6.07 Å². The van der Waals surface area contributed by atoms with Gasteiger partial charge in [-0.3, -0.25) is 0 Å². The van der Waals surface area contributed by atoms with Gasteiger partial charge in [0.1, 0.15) is 11.4 Å². The van der Waals surface area contributed by atoms with E-state index in [0.717, 1.165) is 16.8 Å². The number of nitrogens with zero attached hydrogens (tertiary/aromatic N) is 1. The molecular formula is C18H18N2O. The normalized spacial score (nSPS) is 15.8. The van der Waals surface area contributed by atoms with Gasteiger partial charge in [-0.25, -0.2) is 4.98 Å². The number of hydrogen-bond donors (Lipinski definition) is 2. The fourth-order valence-electron chi connectivity index (χ4n) is 3.46. The van der Waals surface area contributed by atoms with Crippen molar-refractivity contribution in [1.29, 1.82) is 0 Å². The minimum absolute atomic E-state index is 0.302. The van der Waals surface area contributed by atoms with Crippen molar-refractivity contribution in [1.82, 2.24) is 9.97 Å². The summed E-state index contributed by atoms with van der Waals surface area (Å²) in [7, 11) is 0. The van der Waals surface area contributed by atoms with Gasteiger partial charge in [-0.15, -0.1) is 0 Å². The summed E-state index contributed by atoms with van der Waals surface area (Å²) >= 11 is 0. The van der Waals surface area contributed by atoms with E-state index in [-0.39, 0.29) is 0 Å². The zero-order chi connectivity index (χ0) is 14.2. The molecule has 106 valence electrons. The van der Waals surface area contributed by atoms with Crippen molar-refractivity contribution in [2.45, 2.75) is 31.6 Å². The monoisotopic (exact) mass is 278 g/mol. The van der Waals surface area contributed by atoms with E-state index in [0.29, 0.717) is 11.7 Å². The average molecular weight is 278 g/mol. The molecule has 2 heterocycles. The van der Waals surface area contributed by atoms with Gasteiger partial charge in [-0.05, 0) is 36.5 Å². The van der Waals surface area contributed by atoms with Crippen molar-refractivity contribution >= 4 is 11.0 Å². The number of H-pyrrole nitrogens is 1. The van der Waals surface area contributed by atoms with E-state index < -0.39 is 0 Å². The summed E-state index contributed by atoms with van der Waals surface area (Å²) in [6.07, 6.45) is 9.13. The number of para-hydroxylation sites is 1. The van der Waals surface area contributed by atoms with Crippen LogP contribution in [0, 0.1) is 0 Å². The van der Waals surface area contributed by atoms with Gasteiger partial charge in [0.2, 0.25) is 0 Å². The lowest BCUT2D eigenvalue weighted by atomic mass is 9.96. The first kappa shape index (κ1) is 12.5.